The number of ether oxygens (including phenoxy) is 1. The number of alkyl halides is 1. The van der Waals surface area contributed by atoms with Crippen LogP contribution in [0, 0.1) is 0 Å². The SMILES string of the molecule is CC(Br)CC1(NC(=O)OC(C)(C)C)CCCCC1. The topological polar surface area (TPSA) is 38.3 Å². The minimum absolute atomic E-state index is 0.0799. The van der Waals surface area contributed by atoms with Crippen molar-refractivity contribution in [2.24, 2.45) is 0 Å². The number of hydrogen-bond donors (Lipinski definition) is 1. The molecule has 1 aliphatic rings. The van der Waals surface area contributed by atoms with Crippen LogP contribution in [0.15, 0.2) is 0 Å². The summed E-state index contributed by atoms with van der Waals surface area (Å²) in [5.74, 6) is 0. The van der Waals surface area contributed by atoms with E-state index in [9.17, 15) is 4.79 Å². The van der Waals surface area contributed by atoms with Crippen molar-refractivity contribution in [3.05, 3.63) is 0 Å². The first-order valence-electron chi connectivity index (χ1n) is 6.88. The molecular formula is C14H26BrNO2. The summed E-state index contributed by atoms with van der Waals surface area (Å²) in [6, 6.07) is 0. The van der Waals surface area contributed by atoms with Gasteiger partial charge in [-0.25, -0.2) is 4.79 Å². The Bertz CT molecular complexity index is 278. The van der Waals surface area contributed by atoms with Crippen LogP contribution in [0.25, 0.3) is 0 Å². The second-order valence-corrected chi connectivity index (χ2v) is 8.02. The Kier molecular flexibility index (Phi) is 5.50. The van der Waals surface area contributed by atoms with E-state index < -0.39 is 5.60 Å². The lowest BCUT2D eigenvalue weighted by Crippen LogP contribution is -2.52. The van der Waals surface area contributed by atoms with Crippen LogP contribution in [-0.2, 0) is 4.74 Å². The molecule has 0 aromatic rings. The number of nitrogens with one attached hydrogen (secondary N) is 1. The fraction of sp³-hybridized carbons (Fsp3) is 0.929. The molecule has 18 heavy (non-hydrogen) atoms. The number of halogens is 1. The fourth-order valence-corrected chi connectivity index (χ4v) is 3.29. The van der Waals surface area contributed by atoms with Crippen LogP contribution in [-0.4, -0.2) is 22.1 Å². The Morgan fingerprint density at radius 3 is 2.33 bits per heavy atom. The number of hydrogen-bond acceptors (Lipinski definition) is 2. The van der Waals surface area contributed by atoms with Gasteiger partial charge in [-0.2, -0.15) is 0 Å². The van der Waals surface area contributed by atoms with Gasteiger partial charge in [-0.1, -0.05) is 42.1 Å². The van der Waals surface area contributed by atoms with Crippen LogP contribution in [0.2, 0.25) is 0 Å². The zero-order valence-corrected chi connectivity index (χ0v) is 13.6. The highest BCUT2D eigenvalue weighted by Gasteiger charge is 2.35. The van der Waals surface area contributed by atoms with Crippen LogP contribution in [0.1, 0.15) is 66.2 Å². The molecule has 0 saturated heterocycles. The largest absolute Gasteiger partial charge is 0.444 e. The first-order chi connectivity index (χ1) is 8.22. The van der Waals surface area contributed by atoms with Gasteiger partial charge in [0.15, 0.2) is 0 Å². The lowest BCUT2D eigenvalue weighted by Gasteiger charge is -2.39. The summed E-state index contributed by atoms with van der Waals surface area (Å²) in [6.45, 7) is 7.82. The molecule has 4 heteroatoms. The normalized spacial score (nSPS) is 21.2. The lowest BCUT2D eigenvalue weighted by atomic mass is 9.78. The molecule has 0 radical (unpaired) electrons. The van der Waals surface area contributed by atoms with E-state index >= 15 is 0 Å². The molecular weight excluding hydrogens is 294 g/mol. The third kappa shape index (κ3) is 5.59. The Balaban J connectivity index is 2.63. The summed E-state index contributed by atoms with van der Waals surface area (Å²) in [5.41, 5.74) is -0.510. The molecule has 1 N–H and O–H groups in total. The molecule has 0 spiro atoms. The number of amides is 1. The maximum Gasteiger partial charge on any atom is 0.408 e. The second-order valence-electron chi connectivity index (χ2n) is 6.45. The number of carbonyl (C=O) groups excluding carboxylic acids is 1. The zero-order valence-electron chi connectivity index (χ0n) is 12.0. The van der Waals surface area contributed by atoms with E-state index in [-0.39, 0.29) is 11.6 Å². The molecule has 1 atom stereocenters. The van der Waals surface area contributed by atoms with E-state index in [1.807, 2.05) is 20.8 Å². The van der Waals surface area contributed by atoms with E-state index in [1.54, 1.807) is 0 Å². The minimum atomic E-state index is -0.431. The molecule has 1 saturated carbocycles. The van der Waals surface area contributed by atoms with Gasteiger partial charge in [0.2, 0.25) is 0 Å². The van der Waals surface area contributed by atoms with Crippen molar-refractivity contribution >= 4 is 22.0 Å². The van der Waals surface area contributed by atoms with Gasteiger partial charge in [0, 0.05) is 10.4 Å². The summed E-state index contributed by atoms with van der Waals surface area (Å²) in [5, 5.41) is 3.13. The molecule has 1 aliphatic carbocycles. The van der Waals surface area contributed by atoms with Crippen molar-refractivity contribution in [3.8, 4) is 0 Å². The quantitative estimate of drug-likeness (QED) is 0.783. The van der Waals surface area contributed by atoms with Gasteiger partial charge < -0.3 is 10.1 Å². The van der Waals surface area contributed by atoms with Crippen LogP contribution in [0.5, 0.6) is 0 Å². The van der Waals surface area contributed by atoms with E-state index in [1.165, 1.54) is 19.3 Å². The van der Waals surface area contributed by atoms with Gasteiger partial charge in [-0.3, -0.25) is 0 Å². The monoisotopic (exact) mass is 319 g/mol. The minimum Gasteiger partial charge on any atom is -0.444 e. The summed E-state index contributed by atoms with van der Waals surface area (Å²) < 4.78 is 5.38. The van der Waals surface area contributed by atoms with E-state index in [4.69, 9.17) is 4.74 Å². The first kappa shape index (κ1) is 15.8. The van der Waals surface area contributed by atoms with Crippen molar-refractivity contribution in [2.45, 2.75) is 82.2 Å². The molecule has 0 aliphatic heterocycles. The highest BCUT2D eigenvalue weighted by Crippen LogP contribution is 2.33. The molecule has 0 aromatic carbocycles. The predicted octanol–water partition coefficient (Wildman–Crippen LogP) is 4.39. The molecule has 1 rings (SSSR count). The van der Waals surface area contributed by atoms with E-state index in [0.717, 1.165) is 19.3 Å². The maximum absolute atomic E-state index is 12.0. The van der Waals surface area contributed by atoms with Crippen LogP contribution in [0.3, 0.4) is 0 Å². The fourth-order valence-electron chi connectivity index (χ4n) is 2.67. The number of rotatable bonds is 3. The second kappa shape index (κ2) is 6.27. The zero-order chi connectivity index (χ0) is 13.8. The van der Waals surface area contributed by atoms with Crippen molar-refractivity contribution in [1.29, 1.82) is 0 Å². The molecule has 3 nitrogen and oxygen atoms in total. The third-order valence-corrected chi connectivity index (χ3v) is 3.57. The number of alkyl carbamates (subject to hydrolysis) is 1. The average molecular weight is 320 g/mol. The standard InChI is InChI=1S/C14H26BrNO2/c1-11(15)10-14(8-6-5-7-9-14)16-12(17)18-13(2,3)4/h11H,5-10H2,1-4H3,(H,16,17). The summed E-state index contributed by atoms with van der Waals surface area (Å²) in [6.07, 6.45) is 6.45. The molecule has 0 bridgehead atoms. The molecule has 106 valence electrons. The predicted molar refractivity (Wildman–Crippen MR) is 78.2 cm³/mol. The first-order valence-corrected chi connectivity index (χ1v) is 7.79. The third-order valence-electron chi connectivity index (χ3n) is 3.25. The van der Waals surface area contributed by atoms with Gasteiger partial charge in [-0.15, -0.1) is 0 Å². The average Bonchev–Trinajstić information content (AvgIpc) is 2.13. The smallest absolute Gasteiger partial charge is 0.408 e. The van der Waals surface area contributed by atoms with Gasteiger partial charge in [0.25, 0.3) is 0 Å². The molecule has 1 amide bonds. The highest BCUT2D eigenvalue weighted by atomic mass is 79.9. The van der Waals surface area contributed by atoms with Crippen molar-refractivity contribution in [2.75, 3.05) is 0 Å². The van der Waals surface area contributed by atoms with Crippen LogP contribution < -0.4 is 5.32 Å². The number of carbonyl (C=O) groups is 1. The summed E-state index contributed by atoms with van der Waals surface area (Å²) in [7, 11) is 0. The summed E-state index contributed by atoms with van der Waals surface area (Å²) >= 11 is 3.60. The summed E-state index contributed by atoms with van der Waals surface area (Å²) in [4.78, 5) is 12.4. The van der Waals surface area contributed by atoms with E-state index in [0.29, 0.717) is 4.83 Å². The molecule has 1 fully saturated rings. The Labute approximate surface area is 119 Å². The van der Waals surface area contributed by atoms with Crippen LogP contribution in [0.4, 0.5) is 4.79 Å². The van der Waals surface area contributed by atoms with Crippen LogP contribution >= 0.6 is 15.9 Å². The molecule has 0 aromatic heterocycles. The Morgan fingerprint density at radius 2 is 1.89 bits per heavy atom. The molecule has 0 heterocycles. The highest BCUT2D eigenvalue weighted by molar-refractivity contribution is 9.09. The lowest BCUT2D eigenvalue weighted by molar-refractivity contribution is 0.0417. The van der Waals surface area contributed by atoms with Crippen molar-refractivity contribution in [3.63, 3.8) is 0 Å². The van der Waals surface area contributed by atoms with E-state index in [2.05, 4.69) is 28.2 Å². The van der Waals surface area contributed by atoms with Gasteiger partial charge in [-0.05, 0) is 40.0 Å². The molecule has 1 unspecified atom stereocenters. The van der Waals surface area contributed by atoms with Crippen molar-refractivity contribution in [1.82, 2.24) is 5.32 Å². The Morgan fingerprint density at radius 1 is 1.33 bits per heavy atom. The Hall–Kier alpha value is -0.250. The van der Waals surface area contributed by atoms with Gasteiger partial charge in [0.05, 0.1) is 0 Å². The maximum atomic E-state index is 12.0. The van der Waals surface area contributed by atoms with Crippen molar-refractivity contribution < 1.29 is 9.53 Å². The van der Waals surface area contributed by atoms with Gasteiger partial charge in [0.1, 0.15) is 5.60 Å². The van der Waals surface area contributed by atoms with Gasteiger partial charge >= 0.3 is 6.09 Å².